The lowest BCUT2D eigenvalue weighted by Crippen LogP contribution is -2.17. The van der Waals surface area contributed by atoms with Crippen molar-refractivity contribution < 1.29 is 34.1 Å². The number of hydrogen-bond acceptors (Lipinski definition) is 6. The van der Waals surface area contributed by atoms with Crippen molar-refractivity contribution in [3.05, 3.63) is 34.9 Å². The van der Waals surface area contributed by atoms with Gasteiger partial charge in [-0.25, -0.2) is 9.59 Å². The minimum Gasteiger partial charge on any atom is -0.479 e. The Kier molecular flexibility index (Phi) is 7.21. The third kappa shape index (κ3) is 5.07. The summed E-state index contributed by atoms with van der Waals surface area (Å²) in [6.07, 6.45) is -1.77. The van der Waals surface area contributed by atoms with Gasteiger partial charge in [-0.3, -0.25) is 4.79 Å². The number of carboxylic acids is 1. The van der Waals surface area contributed by atoms with E-state index < -0.39 is 24.0 Å². The molecule has 0 spiro atoms. The Bertz CT molecular complexity index is 580. The molecule has 0 amide bonds. The van der Waals surface area contributed by atoms with Crippen molar-refractivity contribution in [2.45, 2.75) is 32.8 Å². The lowest BCUT2D eigenvalue weighted by molar-refractivity contribution is -0.147. The highest BCUT2D eigenvalue weighted by Crippen LogP contribution is 2.24. The molecule has 0 saturated carbocycles. The number of carboxylic acid groups (broad SMARTS) is 1. The normalized spacial score (nSPS) is 11.6. The third-order valence-electron chi connectivity index (χ3n) is 3.12. The number of aliphatic carboxylic acids is 1. The van der Waals surface area contributed by atoms with Crippen LogP contribution < -0.4 is 0 Å². The van der Waals surface area contributed by atoms with Gasteiger partial charge in [0.1, 0.15) is 0 Å². The van der Waals surface area contributed by atoms with Crippen LogP contribution in [-0.2, 0) is 25.5 Å². The van der Waals surface area contributed by atoms with Crippen LogP contribution in [0.15, 0.2) is 18.2 Å². The van der Waals surface area contributed by atoms with Gasteiger partial charge in [-0.1, -0.05) is 12.1 Å². The Morgan fingerprint density at radius 2 is 1.78 bits per heavy atom. The van der Waals surface area contributed by atoms with Gasteiger partial charge >= 0.3 is 17.9 Å². The Balaban J connectivity index is 3.19. The van der Waals surface area contributed by atoms with Gasteiger partial charge in [-0.15, -0.1) is 0 Å². The lowest BCUT2D eigenvalue weighted by atomic mass is 9.93. The van der Waals surface area contributed by atoms with Crippen molar-refractivity contribution in [3.8, 4) is 0 Å². The maximum atomic E-state index is 12.0. The minimum atomic E-state index is -1.79. The number of aliphatic hydroxyl groups is 1. The van der Waals surface area contributed by atoms with Gasteiger partial charge < -0.3 is 19.7 Å². The van der Waals surface area contributed by atoms with Gasteiger partial charge in [0.2, 0.25) is 0 Å². The number of hydrogen-bond donors (Lipinski definition) is 2. The predicted octanol–water partition coefficient (Wildman–Crippen LogP) is 1.48. The smallest absolute Gasteiger partial charge is 0.338 e. The quantitative estimate of drug-likeness (QED) is 0.697. The van der Waals surface area contributed by atoms with Crippen LogP contribution in [0.25, 0.3) is 0 Å². The fraction of sp³-hybridized carbons (Fsp3) is 0.438. The molecule has 1 unspecified atom stereocenters. The third-order valence-corrected chi connectivity index (χ3v) is 3.12. The van der Waals surface area contributed by atoms with Crippen LogP contribution in [-0.4, -0.2) is 41.3 Å². The molecule has 7 nitrogen and oxygen atoms in total. The van der Waals surface area contributed by atoms with E-state index in [9.17, 15) is 19.5 Å². The first-order valence-corrected chi connectivity index (χ1v) is 7.27. The van der Waals surface area contributed by atoms with Gasteiger partial charge in [0.05, 0.1) is 18.8 Å². The molecule has 0 heterocycles. The minimum absolute atomic E-state index is 0.0381. The molecule has 0 aliphatic carbocycles. The van der Waals surface area contributed by atoms with Crippen molar-refractivity contribution in [1.82, 2.24) is 0 Å². The zero-order chi connectivity index (χ0) is 17.4. The summed E-state index contributed by atoms with van der Waals surface area (Å²) in [6, 6.07) is 4.33. The van der Waals surface area contributed by atoms with Crippen LogP contribution in [0.3, 0.4) is 0 Å². The second kappa shape index (κ2) is 8.89. The van der Waals surface area contributed by atoms with Crippen molar-refractivity contribution in [1.29, 1.82) is 0 Å². The number of esters is 2. The van der Waals surface area contributed by atoms with Crippen LogP contribution in [0.4, 0.5) is 0 Å². The van der Waals surface area contributed by atoms with Gasteiger partial charge in [0, 0.05) is 6.42 Å². The summed E-state index contributed by atoms with van der Waals surface area (Å²) >= 11 is 0. The van der Waals surface area contributed by atoms with Crippen LogP contribution in [0.5, 0.6) is 0 Å². The van der Waals surface area contributed by atoms with Crippen molar-refractivity contribution >= 4 is 17.9 Å². The second-order valence-electron chi connectivity index (χ2n) is 4.64. The molecule has 1 atom stereocenters. The number of rotatable bonds is 8. The summed E-state index contributed by atoms with van der Waals surface area (Å²) in [5, 5.41) is 18.8. The molecule has 0 saturated heterocycles. The van der Waals surface area contributed by atoms with E-state index in [1.807, 2.05) is 0 Å². The van der Waals surface area contributed by atoms with E-state index in [-0.39, 0.29) is 42.7 Å². The molecule has 7 heteroatoms. The van der Waals surface area contributed by atoms with E-state index in [4.69, 9.17) is 14.6 Å². The van der Waals surface area contributed by atoms with Crippen LogP contribution >= 0.6 is 0 Å². The number of ether oxygens (including phenoxy) is 2. The highest BCUT2D eigenvalue weighted by Gasteiger charge is 2.24. The second-order valence-corrected chi connectivity index (χ2v) is 4.64. The number of carbonyl (C=O) groups is 3. The monoisotopic (exact) mass is 324 g/mol. The summed E-state index contributed by atoms with van der Waals surface area (Å²) in [5.41, 5.74) is 0.468. The van der Waals surface area contributed by atoms with E-state index in [0.29, 0.717) is 0 Å². The molecule has 0 aliphatic rings. The fourth-order valence-corrected chi connectivity index (χ4v) is 2.13. The lowest BCUT2D eigenvalue weighted by Gasteiger charge is -2.16. The predicted molar refractivity (Wildman–Crippen MR) is 79.9 cm³/mol. The van der Waals surface area contributed by atoms with Crippen LogP contribution in [0, 0.1) is 0 Å². The Morgan fingerprint density at radius 3 is 2.35 bits per heavy atom. The summed E-state index contributed by atoms with van der Waals surface area (Å²) in [6.45, 7) is 3.70. The van der Waals surface area contributed by atoms with Crippen LogP contribution in [0.2, 0.25) is 0 Å². The average Bonchev–Trinajstić information content (AvgIpc) is 2.52. The largest absolute Gasteiger partial charge is 0.479 e. The molecule has 1 aromatic carbocycles. The summed E-state index contributed by atoms with van der Waals surface area (Å²) in [7, 11) is 0. The molecular formula is C16H20O7. The highest BCUT2D eigenvalue weighted by molar-refractivity contribution is 5.92. The zero-order valence-electron chi connectivity index (χ0n) is 13.1. The highest BCUT2D eigenvalue weighted by atomic mass is 16.5. The molecule has 0 aromatic heterocycles. The molecular weight excluding hydrogens is 304 g/mol. The molecule has 1 rings (SSSR count). The molecule has 23 heavy (non-hydrogen) atoms. The first-order valence-electron chi connectivity index (χ1n) is 7.27. The average molecular weight is 324 g/mol. The van der Waals surface area contributed by atoms with E-state index in [0.717, 1.165) is 0 Å². The Morgan fingerprint density at radius 1 is 1.13 bits per heavy atom. The topological polar surface area (TPSA) is 110 Å². The molecule has 2 N–H and O–H groups in total. The van der Waals surface area contributed by atoms with Gasteiger partial charge in [0.25, 0.3) is 0 Å². The van der Waals surface area contributed by atoms with Crippen molar-refractivity contribution in [3.63, 3.8) is 0 Å². The molecule has 0 fully saturated rings. The Hall–Kier alpha value is -2.41. The summed E-state index contributed by atoms with van der Waals surface area (Å²) in [5.74, 6) is -2.55. The fourth-order valence-electron chi connectivity index (χ4n) is 2.13. The zero-order valence-corrected chi connectivity index (χ0v) is 13.1. The van der Waals surface area contributed by atoms with Gasteiger partial charge in [0.15, 0.2) is 6.10 Å². The molecule has 1 aromatic rings. The standard InChI is InChI=1S/C16H20O7/c1-3-22-13(17)9-8-10-11(14(18)15(19)20)6-5-7-12(10)16(21)23-4-2/h5-7,14,18H,3-4,8-9H2,1-2H3,(H,19,20). The van der Waals surface area contributed by atoms with E-state index >= 15 is 0 Å². The van der Waals surface area contributed by atoms with Gasteiger partial charge in [-0.2, -0.15) is 0 Å². The summed E-state index contributed by atoms with van der Waals surface area (Å²) < 4.78 is 9.76. The summed E-state index contributed by atoms with van der Waals surface area (Å²) in [4.78, 5) is 34.6. The van der Waals surface area contributed by atoms with Crippen molar-refractivity contribution in [2.75, 3.05) is 13.2 Å². The molecule has 0 aliphatic heterocycles. The first-order chi connectivity index (χ1) is 10.9. The Labute approximate surface area is 133 Å². The van der Waals surface area contributed by atoms with E-state index in [1.165, 1.54) is 18.2 Å². The number of aliphatic hydroxyl groups excluding tert-OH is 1. The number of carbonyl (C=O) groups excluding carboxylic acids is 2. The first kappa shape index (κ1) is 18.6. The maximum Gasteiger partial charge on any atom is 0.338 e. The number of benzene rings is 1. The molecule has 0 radical (unpaired) electrons. The van der Waals surface area contributed by atoms with Crippen molar-refractivity contribution in [2.24, 2.45) is 0 Å². The maximum absolute atomic E-state index is 12.0. The van der Waals surface area contributed by atoms with E-state index in [1.54, 1.807) is 13.8 Å². The SMILES string of the molecule is CCOC(=O)CCc1c(C(=O)OCC)cccc1C(O)C(=O)O. The van der Waals surface area contributed by atoms with Gasteiger partial charge in [-0.05, 0) is 37.5 Å². The molecule has 126 valence electrons. The molecule has 0 bridgehead atoms. The van der Waals surface area contributed by atoms with E-state index in [2.05, 4.69) is 0 Å². The van der Waals surface area contributed by atoms with Crippen LogP contribution in [0.1, 0.15) is 47.9 Å².